The Morgan fingerprint density at radius 3 is 2.39 bits per heavy atom. The van der Waals surface area contributed by atoms with Gasteiger partial charge in [0.25, 0.3) is 0 Å². The maximum atomic E-state index is 12.9. The zero-order valence-electron chi connectivity index (χ0n) is 9.56. The highest BCUT2D eigenvalue weighted by Gasteiger charge is 2.30. The summed E-state index contributed by atoms with van der Waals surface area (Å²) < 4.78 is 49.1. The van der Waals surface area contributed by atoms with Crippen molar-refractivity contribution < 1.29 is 27.1 Å². The van der Waals surface area contributed by atoms with Gasteiger partial charge in [0.15, 0.2) is 26.7 Å². The van der Waals surface area contributed by atoms with Crippen LogP contribution in [0.1, 0.15) is 18.9 Å². The lowest BCUT2D eigenvalue weighted by molar-refractivity contribution is -0.136. The van der Waals surface area contributed by atoms with Gasteiger partial charge >= 0.3 is 5.97 Å². The lowest BCUT2D eigenvalue weighted by atomic mass is 10.2. The number of carboxylic acid groups (broad SMARTS) is 1. The summed E-state index contributed by atoms with van der Waals surface area (Å²) in [5, 5.41) is 7.24. The van der Waals surface area contributed by atoms with Crippen molar-refractivity contribution in [2.75, 3.05) is 0 Å². The monoisotopic (exact) mass is 278 g/mol. The van der Waals surface area contributed by atoms with Crippen molar-refractivity contribution >= 4 is 15.8 Å². The molecular weight excluding hydrogens is 266 g/mol. The first-order chi connectivity index (χ1) is 8.27. The van der Waals surface area contributed by atoms with Gasteiger partial charge in [0.2, 0.25) is 0 Å². The summed E-state index contributed by atoms with van der Waals surface area (Å²) >= 11 is 0. The SMILES string of the molecule is CCC(C(=O)O)S(=O)(=O)Cc1ccc(F)c(F)c1. The number of halogens is 2. The van der Waals surface area contributed by atoms with E-state index in [0.29, 0.717) is 0 Å². The standard InChI is InChI=1S/C11H12F2O4S/c1-2-10(11(14)15)18(16,17)6-7-3-4-8(12)9(13)5-7/h3-5,10H,2,6H2,1H3,(H,14,15). The van der Waals surface area contributed by atoms with E-state index in [4.69, 9.17) is 5.11 Å². The van der Waals surface area contributed by atoms with E-state index < -0.39 is 38.4 Å². The minimum Gasteiger partial charge on any atom is -0.480 e. The second-order valence-electron chi connectivity index (χ2n) is 3.79. The van der Waals surface area contributed by atoms with Gasteiger partial charge in [-0.3, -0.25) is 4.79 Å². The molecule has 0 aliphatic rings. The van der Waals surface area contributed by atoms with E-state index >= 15 is 0 Å². The summed E-state index contributed by atoms with van der Waals surface area (Å²) in [7, 11) is -3.94. The van der Waals surface area contributed by atoms with E-state index in [-0.39, 0.29) is 12.0 Å². The first kappa shape index (κ1) is 14.6. The molecule has 0 saturated carbocycles. The van der Waals surface area contributed by atoms with Crippen LogP contribution in [-0.2, 0) is 20.4 Å². The van der Waals surface area contributed by atoms with Crippen LogP contribution < -0.4 is 0 Å². The third kappa shape index (κ3) is 3.25. The van der Waals surface area contributed by atoms with Crippen molar-refractivity contribution in [2.45, 2.75) is 24.3 Å². The molecule has 0 spiro atoms. The number of rotatable bonds is 5. The minimum atomic E-state index is -3.94. The van der Waals surface area contributed by atoms with Crippen molar-refractivity contribution in [3.8, 4) is 0 Å². The highest BCUT2D eigenvalue weighted by molar-refractivity contribution is 7.92. The van der Waals surface area contributed by atoms with Gasteiger partial charge in [0.05, 0.1) is 5.75 Å². The highest BCUT2D eigenvalue weighted by atomic mass is 32.2. The van der Waals surface area contributed by atoms with Gasteiger partial charge in [-0.25, -0.2) is 17.2 Å². The van der Waals surface area contributed by atoms with Crippen molar-refractivity contribution in [1.29, 1.82) is 0 Å². The average molecular weight is 278 g/mol. The fourth-order valence-corrected chi connectivity index (χ4v) is 3.20. The molecule has 0 saturated heterocycles. The molecule has 1 N–H and O–H groups in total. The summed E-state index contributed by atoms with van der Waals surface area (Å²) in [6.45, 7) is 1.43. The first-order valence-electron chi connectivity index (χ1n) is 5.16. The maximum absolute atomic E-state index is 12.9. The predicted molar refractivity (Wildman–Crippen MR) is 60.7 cm³/mol. The molecule has 1 rings (SSSR count). The molecule has 4 nitrogen and oxygen atoms in total. The number of carboxylic acids is 1. The average Bonchev–Trinajstić information content (AvgIpc) is 2.22. The van der Waals surface area contributed by atoms with Crippen LogP contribution in [0.15, 0.2) is 18.2 Å². The topological polar surface area (TPSA) is 71.4 Å². The number of benzene rings is 1. The Morgan fingerprint density at radius 1 is 1.33 bits per heavy atom. The lowest BCUT2D eigenvalue weighted by Crippen LogP contribution is -2.30. The molecule has 1 aromatic carbocycles. The molecular formula is C11H12F2O4S. The first-order valence-corrected chi connectivity index (χ1v) is 6.87. The molecule has 1 aromatic rings. The lowest BCUT2D eigenvalue weighted by Gasteiger charge is -2.11. The molecule has 0 heterocycles. The van der Waals surface area contributed by atoms with Gasteiger partial charge in [-0.2, -0.15) is 0 Å². The third-order valence-corrected chi connectivity index (χ3v) is 4.57. The molecule has 0 aromatic heterocycles. The number of carbonyl (C=O) groups is 1. The molecule has 1 atom stereocenters. The fraction of sp³-hybridized carbons (Fsp3) is 0.364. The van der Waals surface area contributed by atoms with E-state index in [2.05, 4.69) is 0 Å². The van der Waals surface area contributed by atoms with Crippen LogP contribution in [-0.4, -0.2) is 24.7 Å². The molecule has 0 aliphatic carbocycles. The van der Waals surface area contributed by atoms with E-state index in [0.717, 1.165) is 18.2 Å². The van der Waals surface area contributed by atoms with Gasteiger partial charge in [-0.1, -0.05) is 13.0 Å². The highest BCUT2D eigenvalue weighted by Crippen LogP contribution is 2.16. The molecule has 0 fully saturated rings. The Balaban J connectivity index is 3.01. The zero-order chi connectivity index (χ0) is 13.9. The second kappa shape index (κ2) is 5.43. The van der Waals surface area contributed by atoms with Crippen molar-refractivity contribution in [2.24, 2.45) is 0 Å². The minimum absolute atomic E-state index is 0.0219. The molecule has 0 aliphatic heterocycles. The van der Waals surface area contributed by atoms with E-state index in [1.165, 1.54) is 6.92 Å². The van der Waals surface area contributed by atoms with E-state index in [9.17, 15) is 22.0 Å². The van der Waals surface area contributed by atoms with Crippen LogP contribution in [0.2, 0.25) is 0 Å². The van der Waals surface area contributed by atoms with E-state index in [1.807, 2.05) is 0 Å². The number of aliphatic carboxylic acids is 1. The summed E-state index contributed by atoms with van der Waals surface area (Å²) in [5.41, 5.74) is 0.0219. The van der Waals surface area contributed by atoms with Crippen LogP contribution in [0, 0.1) is 11.6 Å². The van der Waals surface area contributed by atoms with E-state index in [1.54, 1.807) is 0 Å². The van der Waals surface area contributed by atoms with Gasteiger partial charge < -0.3 is 5.11 Å². The Morgan fingerprint density at radius 2 is 1.94 bits per heavy atom. The van der Waals surface area contributed by atoms with Crippen molar-refractivity contribution in [3.63, 3.8) is 0 Å². The molecule has 100 valence electrons. The van der Waals surface area contributed by atoms with Gasteiger partial charge in [0.1, 0.15) is 0 Å². The van der Waals surface area contributed by atoms with Gasteiger partial charge in [-0.15, -0.1) is 0 Å². The number of sulfone groups is 1. The molecule has 1 unspecified atom stereocenters. The number of hydrogen-bond donors (Lipinski definition) is 1. The predicted octanol–water partition coefficient (Wildman–Crippen LogP) is 1.74. The molecule has 7 heteroatoms. The maximum Gasteiger partial charge on any atom is 0.321 e. The summed E-state index contributed by atoms with van der Waals surface area (Å²) in [6.07, 6.45) is -0.0820. The van der Waals surface area contributed by atoms with Crippen LogP contribution in [0.25, 0.3) is 0 Å². The zero-order valence-corrected chi connectivity index (χ0v) is 10.4. The van der Waals surface area contributed by atoms with Crippen LogP contribution >= 0.6 is 0 Å². The summed E-state index contributed by atoms with van der Waals surface area (Å²) in [6, 6.07) is 2.67. The largest absolute Gasteiger partial charge is 0.480 e. The Hall–Kier alpha value is -1.50. The van der Waals surface area contributed by atoms with Crippen LogP contribution in [0.5, 0.6) is 0 Å². The van der Waals surface area contributed by atoms with Crippen LogP contribution in [0.3, 0.4) is 0 Å². The quantitative estimate of drug-likeness (QED) is 0.890. The summed E-state index contributed by atoms with van der Waals surface area (Å²) in [4.78, 5) is 10.8. The van der Waals surface area contributed by atoms with Crippen LogP contribution in [0.4, 0.5) is 8.78 Å². The molecule has 0 radical (unpaired) electrons. The second-order valence-corrected chi connectivity index (χ2v) is 5.97. The summed E-state index contributed by atoms with van der Waals surface area (Å²) in [5.74, 6) is -4.32. The number of hydrogen-bond acceptors (Lipinski definition) is 3. The Bertz CT molecular complexity index is 554. The van der Waals surface area contributed by atoms with Gasteiger partial charge in [-0.05, 0) is 24.1 Å². The van der Waals surface area contributed by atoms with Crippen molar-refractivity contribution in [1.82, 2.24) is 0 Å². The Kier molecular flexibility index (Phi) is 4.39. The fourth-order valence-electron chi connectivity index (χ4n) is 1.54. The smallest absolute Gasteiger partial charge is 0.321 e. The molecule has 18 heavy (non-hydrogen) atoms. The normalized spacial score (nSPS) is 13.3. The van der Waals surface area contributed by atoms with Gasteiger partial charge in [0, 0.05) is 0 Å². The Labute approximate surface area is 103 Å². The third-order valence-electron chi connectivity index (χ3n) is 2.43. The molecule has 0 bridgehead atoms. The molecule has 0 amide bonds. The van der Waals surface area contributed by atoms with Crippen molar-refractivity contribution in [3.05, 3.63) is 35.4 Å².